The van der Waals surface area contributed by atoms with Gasteiger partial charge in [0.15, 0.2) is 11.6 Å². The molecule has 2 aliphatic heterocycles. The number of para-hydroxylation sites is 1. The number of nitrogen functional groups attached to an aromatic ring is 1. The fourth-order valence-electron chi connectivity index (χ4n) is 5.92. The van der Waals surface area contributed by atoms with Crippen LogP contribution >= 0.6 is 0 Å². The van der Waals surface area contributed by atoms with Gasteiger partial charge in [-0.15, -0.1) is 0 Å². The summed E-state index contributed by atoms with van der Waals surface area (Å²) in [5.74, 6) is -0.438. The van der Waals surface area contributed by atoms with Gasteiger partial charge in [-0.1, -0.05) is 12.1 Å². The van der Waals surface area contributed by atoms with E-state index in [4.69, 9.17) is 10.5 Å². The van der Waals surface area contributed by atoms with Crippen LogP contribution in [0.3, 0.4) is 0 Å². The lowest BCUT2D eigenvalue weighted by Crippen LogP contribution is -2.48. The highest BCUT2D eigenvalue weighted by Gasteiger charge is 2.53. The number of benzene rings is 3. The number of imide groups is 1. The summed E-state index contributed by atoms with van der Waals surface area (Å²) in [6.45, 7) is 4.68. The monoisotopic (exact) mass is 593 g/mol. The molecule has 2 aromatic heterocycles. The van der Waals surface area contributed by atoms with E-state index in [0.717, 1.165) is 10.9 Å². The molecule has 222 valence electrons. The number of aromatic nitrogens is 3. The van der Waals surface area contributed by atoms with E-state index in [1.807, 2.05) is 19.9 Å². The number of amides is 3. The van der Waals surface area contributed by atoms with Crippen LogP contribution in [0.1, 0.15) is 33.6 Å². The summed E-state index contributed by atoms with van der Waals surface area (Å²) >= 11 is 0. The maximum Gasteiger partial charge on any atom is 0.329 e. The van der Waals surface area contributed by atoms with Gasteiger partial charge in [-0.05, 0) is 86.5 Å². The van der Waals surface area contributed by atoms with Crippen LogP contribution in [-0.2, 0) is 4.79 Å². The molecule has 0 bridgehead atoms. The van der Waals surface area contributed by atoms with Crippen molar-refractivity contribution in [2.75, 3.05) is 23.7 Å². The average molecular weight is 594 g/mol. The molecule has 0 saturated carbocycles. The topological polar surface area (TPSA) is 147 Å². The molecular weight excluding hydrogens is 565 g/mol. The lowest BCUT2D eigenvalue weighted by atomic mass is 9.98. The number of nitrogens with zero attached hydrogens (tertiary/aromatic N) is 3. The van der Waals surface area contributed by atoms with Gasteiger partial charge in [-0.25, -0.2) is 18.8 Å². The Labute approximate surface area is 250 Å². The first-order valence-corrected chi connectivity index (χ1v) is 14.1. The predicted molar refractivity (Wildman–Crippen MR) is 162 cm³/mol. The van der Waals surface area contributed by atoms with Crippen LogP contribution in [0.4, 0.5) is 20.7 Å². The predicted octanol–water partition coefficient (Wildman–Crippen LogP) is 4.50. The van der Waals surface area contributed by atoms with Crippen LogP contribution in [0.5, 0.6) is 11.5 Å². The third kappa shape index (κ3) is 4.30. The molecule has 4 heterocycles. The summed E-state index contributed by atoms with van der Waals surface area (Å²) in [5, 5.41) is 11.1. The Morgan fingerprint density at radius 1 is 1.05 bits per heavy atom. The zero-order chi connectivity index (χ0) is 30.7. The van der Waals surface area contributed by atoms with Gasteiger partial charge in [0.1, 0.15) is 17.1 Å². The third-order valence-electron chi connectivity index (χ3n) is 8.25. The number of H-pyrrole nitrogens is 1. The number of hydrogen-bond donors (Lipinski definition) is 4. The number of carbonyl (C=O) groups excluding carboxylic acids is 3. The highest BCUT2D eigenvalue weighted by molar-refractivity contribution is 6.24. The van der Waals surface area contributed by atoms with E-state index in [-0.39, 0.29) is 34.5 Å². The maximum atomic E-state index is 14.0. The number of urea groups is 1. The number of nitrogens with one attached hydrogen (secondary N) is 3. The molecule has 1 atom stereocenters. The minimum atomic E-state index is -0.932. The molecule has 2 aliphatic rings. The lowest BCUT2D eigenvalue weighted by Gasteiger charge is -2.20. The Kier molecular flexibility index (Phi) is 6.25. The smallest absolute Gasteiger partial charge is 0.329 e. The van der Waals surface area contributed by atoms with Gasteiger partial charge in [0.2, 0.25) is 5.78 Å². The van der Waals surface area contributed by atoms with E-state index in [0.29, 0.717) is 47.7 Å². The van der Waals surface area contributed by atoms with Gasteiger partial charge in [0, 0.05) is 17.4 Å². The van der Waals surface area contributed by atoms with Crippen molar-refractivity contribution < 1.29 is 23.5 Å². The quantitative estimate of drug-likeness (QED) is 0.167. The zero-order valence-electron chi connectivity index (χ0n) is 23.9. The van der Waals surface area contributed by atoms with Gasteiger partial charge in [-0.2, -0.15) is 5.10 Å². The van der Waals surface area contributed by atoms with E-state index in [2.05, 4.69) is 20.7 Å². The number of carbonyl (C=O) groups is 3. The lowest BCUT2D eigenvalue weighted by molar-refractivity contribution is -0.121. The second kappa shape index (κ2) is 10.1. The van der Waals surface area contributed by atoms with E-state index in [9.17, 15) is 18.8 Å². The molecule has 2 saturated heterocycles. The Balaban J connectivity index is 1.16. The van der Waals surface area contributed by atoms with Crippen molar-refractivity contribution in [3.8, 4) is 17.2 Å². The second-order valence-corrected chi connectivity index (χ2v) is 11.2. The highest BCUT2D eigenvalue weighted by atomic mass is 19.1. The summed E-state index contributed by atoms with van der Waals surface area (Å²) in [6, 6.07) is 16.1. The first kappa shape index (κ1) is 27.3. The summed E-state index contributed by atoms with van der Waals surface area (Å²) in [5.41, 5.74) is 9.11. The van der Waals surface area contributed by atoms with Crippen LogP contribution in [0, 0.1) is 19.7 Å². The number of rotatable bonds is 6. The second-order valence-electron chi connectivity index (χ2n) is 11.2. The molecule has 12 heteroatoms. The molecule has 2 fully saturated rings. The summed E-state index contributed by atoms with van der Waals surface area (Å²) in [7, 11) is 0. The van der Waals surface area contributed by atoms with Crippen molar-refractivity contribution in [2.24, 2.45) is 0 Å². The molecule has 7 rings (SSSR count). The first-order chi connectivity index (χ1) is 21.1. The number of hydrogen-bond acceptors (Lipinski definition) is 7. The standard InChI is InChI=1S/C32H28FN7O4/c1-17-11-19-13-24(37-23(19)14-26(17)39-30(42)32(38-31(39)43)9-10-35-16-32)28(41)21-15-36-40(29(21)34)25-8-7-20(12-18(25)2)44-27-6-4-3-5-22(27)33/h3-8,11-15,35,37H,9-10,16,34H2,1-2H3,(H,38,43). The van der Waals surface area contributed by atoms with Crippen molar-refractivity contribution in [1.29, 1.82) is 0 Å². The minimum Gasteiger partial charge on any atom is -0.454 e. The molecular formula is C32H28FN7O4. The molecule has 1 unspecified atom stereocenters. The molecule has 0 radical (unpaired) electrons. The van der Waals surface area contributed by atoms with Crippen molar-refractivity contribution in [1.82, 2.24) is 25.4 Å². The summed E-state index contributed by atoms with van der Waals surface area (Å²) in [6.07, 6.45) is 1.93. The Hall–Kier alpha value is -5.49. The first-order valence-electron chi connectivity index (χ1n) is 14.1. The fourth-order valence-corrected chi connectivity index (χ4v) is 5.92. The number of halogens is 1. The Bertz CT molecular complexity index is 2010. The van der Waals surface area contributed by atoms with Gasteiger partial charge < -0.3 is 26.1 Å². The van der Waals surface area contributed by atoms with Crippen LogP contribution in [0.2, 0.25) is 0 Å². The number of aromatic amines is 1. The van der Waals surface area contributed by atoms with Crippen molar-refractivity contribution in [3.05, 3.63) is 95.1 Å². The highest BCUT2D eigenvalue weighted by Crippen LogP contribution is 2.34. The van der Waals surface area contributed by atoms with E-state index in [1.54, 1.807) is 48.5 Å². The van der Waals surface area contributed by atoms with E-state index in [1.165, 1.54) is 21.8 Å². The van der Waals surface area contributed by atoms with E-state index >= 15 is 0 Å². The number of ketones is 1. The summed E-state index contributed by atoms with van der Waals surface area (Å²) in [4.78, 5) is 44.1. The molecule has 0 aliphatic carbocycles. The number of anilines is 2. The normalized spacial score (nSPS) is 18.0. The van der Waals surface area contributed by atoms with Gasteiger partial charge in [0.25, 0.3) is 5.91 Å². The largest absolute Gasteiger partial charge is 0.454 e. The van der Waals surface area contributed by atoms with Gasteiger partial charge >= 0.3 is 6.03 Å². The SMILES string of the molecule is Cc1cc2cc(C(=O)c3cnn(-c4ccc(Oc5ccccc5F)cc4C)c3N)[nH]c2cc1N1C(=O)NC2(CCNC2)C1=O. The Morgan fingerprint density at radius 3 is 2.59 bits per heavy atom. The van der Waals surface area contributed by atoms with Crippen LogP contribution in [0.15, 0.2) is 66.9 Å². The number of aryl methyl sites for hydroxylation is 2. The number of ether oxygens (including phenoxy) is 1. The van der Waals surface area contributed by atoms with Crippen LogP contribution in [-0.4, -0.2) is 51.1 Å². The van der Waals surface area contributed by atoms with Gasteiger partial charge in [-0.3, -0.25) is 9.59 Å². The summed E-state index contributed by atoms with van der Waals surface area (Å²) < 4.78 is 21.2. The van der Waals surface area contributed by atoms with Crippen molar-refractivity contribution in [3.63, 3.8) is 0 Å². The minimum absolute atomic E-state index is 0.108. The van der Waals surface area contributed by atoms with Crippen molar-refractivity contribution in [2.45, 2.75) is 25.8 Å². The molecule has 44 heavy (non-hydrogen) atoms. The molecule has 3 aromatic carbocycles. The van der Waals surface area contributed by atoms with Crippen LogP contribution in [0.25, 0.3) is 16.6 Å². The molecule has 3 amide bonds. The molecule has 5 N–H and O–H groups in total. The van der Waals surface area contributed by atoms with E-state index < -0.39 is 17.4 Å². The maximum absolute atomic E-state index is 14.0. The third-order valence-corrected chi connectivity index (χ3v) is 8.25. The Morgan fingerprint density at radius 2 is 1.84 bits per heavy atom. The van der Waals surface area contributed by atoms with Gasteiger partial charge in [0.05, 0.1) is 28.8 Å². The fraction of sp³-hybridized carbons (Fsp3) is 0.188. The number of fused-ring (bicyclic) bond motifs is 1. The zero-order valence-corrected chi connectivity index (χ0v) is 23.9. The van der Waals surface area contributed by atoms with Crippen molar-refractivity contribution >= 4 is 40.1 Å². The molecule has 5 aromatic rings. The molecule has 1 spiro atoms. The van der Waals surface area contributed by atoms with Crippen LogP contribution < -0.4 is 26.0 Å². The molecule has 11 nitrogen and oxygen atoms in total. The number of nitrogens with two attached hydrogens (primary N) is 1. The average Bonchev–Trinajstić information content (AvgIpc) is 3.77.